The number of carbonyl (C=O) groups is 4. The molecule has 2 fully saturated rings. The van der Waals surface area contributed by atoms with Crippen molar-refractivity contribution in [3.05, 3.63) is 82.5 Å². The van der Waals surface area contributed by atoms with Gasteiger partial charge in [0.15, 0.2) is 6.29 Å². The number of allylic oxidation sites excluding steroid dienone is 2. The summed E-state index contributed by atoms with van der Waals surface area (Å²) in [5.74, 6) is -1.44. The quantitative estimate of drug-likeness (QED) is 0.0254. The molecule has 26 heteroatoms. The van der Waals surface area contributed by atoms with Gasteiger partial charge in [0.05, 0.1) is 49.4 Å². The molecule has 0 bridgehead atoms. The summed E-state index contributed by atoms with van der Waals surface area (Å²) in [6.07, 6.45) is 1.71. The van der Waals surface area contributed by atoms with Gasteiger partial charge in [-0.3, -0.25) is 39.2 Å². The van der Waals surface area contributed by atoms with Crippen molar-refractivity contribution in [1.29, 1.82) is 0 Å². The predicted molar refractivity (Wildman–Crippen MR) is 313 cm³/mol. The standard InChI is InChI=1S/C56H80N12O12Si2/c1-15-67-41(24-35(11)63-67)52(71)61-55-59-39-26-37(50(57)69)28-43(73-13)46(39)65(55)20-17-18-21-66-47-40(60-56(66)62-53(72)42-25-36(12)64-68(42)16-2)27-38(51(58)70)29-44(47)75-22-19-23-76-49-48-45(78-54(49)74-14)30-77-81(31(3)4,32(5)6)80-82(79-48,33(7)8)34(9)10/h17-18,24-29,31-34,45,48-49,54H,15-16,19-23,30H2,1-14H3,(H2,57,69)(H2,58,70)(H,59,61,71)(H,60,62,72)/b18-17+/t45-,48-,49?,54-/m1/s1. The number of ether oxygens (including phenoxy) is 5. The van der Waals surface area contributed by atoms with E-state index >= 15 is 0 Å². The lowest BCUT2D eigenvalue weighted by molar-refractivity contribution is -0.165. The Labute approximate surface area is 479 Å². The number of carbonyl (C=O) groups excluding carboxylic acids is 4. The molecule has 6 aromatic rings. The molecule has 4 amide bonds. The number of anilines is 2. The highest BCUT2D eigenvalue weighted by molar-refractivity contribution is 6.84. The van der Waals surface area contributed by atoms with E-state index in [9.17, 15) is 19.2 Å². The van der Waals surface area contributed by atoms with Crippen LogP contribution in [-0.4, -0.2) is 138 Å². The zero-order valence-electron chi connectivity index (χ0n) is 49.5. The Kier molecular flexibility index (Phi) is 19.0. The number of amides is 4. The first-order valence-electron chi connectivity index (χ1n) is 28.0. The van der Waals surface area contributed by atoms with Gasteiger partial charge in [0.2, 0.25) is 23.7 Å². The Bertz CT molecular complexity index is 3330. The number of hydrogen-bond donors (Lipinski definition) is 4. The number of imidazole rings is 2. The van der Waals surface area contributed by atoms with E-state index in [0.29, 0.717) is 70.1 Å². The van der Waals surface area contributed by atoms with Crippen LogP contribution < -0.4 is 31.6 Å². The Hall–Kier alpha value is -6.79. The fourth-order valence-corrected chi connectivity index (χ4v) is 22.3. The minimum atomic E-state index is -3.02. The number of fused-ring (bicyclic) bond motifs is 3. The third-order valence-corrected chi connectivity index (χ3v) is 25.4. The fraction of sp³-hybridized carbons (Fsp3) is 0.536. The van der Waals surface area contributed by atoms with Crippen LogP contribution in [0.1, 0.15) is 129 Å². The summed E-state index contributed by atoms with van der Waals surface area (Å²) in [6, 6.07) is 9.52. The molecule has 6 N–H and O–H groups in total. The highest BCUT2D eigenvalue weighted by atomic mass is 28.5. The van der Waals surface area contributed by atoms with Crippen LogP contribution >= 0.6 is 0 Å². The van der Waals surface area contributed by atoms with E-state index in [1.54, 1.807) is 63.7 Å². The van der Waals surface area contributed by atoms with Crippen molar-refractivity contribution in [3.8, 4) is 11.5 Å². The fourth-order valence-electron chi connectivity index (χ4n) is 11.1. The van der Waals surface area contributed by atoms with Gasteiger partial charge in [-0.2, -0.15) is 10.2 Å². The van der Waals surface area contributed by atoms with Crippen molar-refractivity contribution in [2.75, 3.05) is 44.7 Å². The highest BCUT2D eigenvalue weighted by Crippen LogP contribution is 2.48. The van der Waals surface area contributed by atoms with Crippen LogP contribution in [0.25, 0.3) is 22.1 Å². The maximum Gasteiger partial charge on any atom is 0.335 e. The number of methoxy groups -OCH3 is 2. The van der Waals surface area contributed by atoms with Crippen LogP contribution in [0.4, 0.5) is 11.9 Å². The minimum absolute atomic E-state index is 0.0878. The lowest BCUT2D eigenvalue weighted by Crippen LogP contribution is -2.66. The van der Waals surface area contributed by atoms with Gasteiger partial charge in [0.25, 0.3) is 11.8 Å². The summed E-state index contributed by atoms with van der Waals surface area (Å²) in [5.41, 5.74) is 16.0. The number of hydrogen-bond acceptors (Lipinski definition) is 16. The van der Waals surface area contributed by atoms with E-state index in [4.69, 9.17) is 58.1 Å². The first-order valence-corrected chi connectivity index (χ1v) is 32.0. The molecule has 8 rings (SSSR count). The molecule has 24 nitrogen and oxygen atoms in total. The molecular formula is C56H80N12O12Si2. The molecule has 82 heavy (non-hydrogen) atoms. The molecule has 0 saturated carbocycles. The summed E-state index contributed by atoms with van der Waals surface area (Å²) < 4.78 is 59.8. The van der Waals surface area contributed by atoms with E-state index < -0.39 is 65.4 Å². The second-order valence-electron chi connectivity index (χ2n) is 21.9. The monoisotopic (exact) mass is 1170 g/mol. The van der Waals surface area contributed by atoms with Gasteiger partial charge < -0.3 is 57.3 Å². The van der Waals surface area contributed by atoms with E-state index in [-0.39, 0.29) is 83.8 Å². The topological polar surface area (TPSA) is 290 Å². The van der Waals surface area contributed by atoms with Crippen LogP contribution in [0.2, 0.25) is 22.2 Å². The van der Waals surface area contributed by atoms with Gasteiger partial charge in [-0.05, 0) is 86.3 Å². The molecule has 2 saturated heterocycles. The Morgan fingerprint density at radius 1 is 0.707 bits per heavy atom. The van der Waals surface area contributed by atoms with Gasteiger partial charge in [0, 0.05) is 50.8 Å². The van der Waals surface area contributed by atoms with Gasteiger partial charge in [-0.1, -0.05) is 67.5 Å². The largest absolute Gasteiger partial charge is 0.494 e. The molecule has 0 aliphatic carbocycles. The summed E-state index contributed by atoms with van der Waals surface area (Å²) in [7, 11) is -2.79. The van der Waals surface area contributed by atoms with Gasteiger partial charge in [0.1, 0.15) is 52.2 Å². The number of benzene rings is 2. The van der Waals surface area contributed by atoms with Crippen LogP contribution in [0.5, 0.6) is 11.5 Å². The summed E-state index contributed by atoms with van der Waals surface area (Å²) in [5, 5.41) is 14.8. The molecule has 0 radical (unpaired) electrons. The van der Waals surface area contributed by atoms with Gasteiger partial charge in [-0.25, -0.2) is 9.97 Å². The third kappa shape index (κ3) is 12.2. The summed E-state index contributed by atoms with van der Waals surface area (Å²) in [6.45, 7) is 26.5. The average molecular weight is 1170 g/mol. The van der Waals surface area contributed by atoms with Crippen LogP contribution in [0, 0.1) is 13.8 Å². The van der Waals surface area contributed by atoms with E-state index in [2.05, 4.69) is 76.2 Å². The smallest absolute Gasteiger partial charge is 0.335 e. The van der Waals surface area contributed by atoms with Gasteiger partial charge >= 0.3 is 17.1 Å². The molecule has 2 aliphatic heterocycles. The van der Waals surface area contributed by atoms with Crippen molar-refractivity contribution >= 4 is 74.7 Å². The lowest BCUT2D eigenvalue weighted by atomic mass is 10.1. The first kappa shape index (κ1) is 61.3. The molecule has 4 atom stereocenters. The Balaban J connectivity index is 1.10. The van der Waals surface area contributed by atoms with Gasteiger partial charge in [-0.15, -0.1) is 0 Å². The Morgan fingerprint density at radius 3 is 1.65 bits per heavy atom. The molecule has 2 aliphatic rings. The first-order chi connectivity index (χ1) is 39.0. The molecule has 4 aromatic heterocycles. The predicted octanol–water partition coefficient (Wildman–Crippen LogP) is 7.88. The summed E-state index contributed by atoms with van der Waals surface area (Å²) in [4.78, 5) is 62.9. The van der Waals surface area contributed by atoms with Crippen LogP contribution in [0.3, 0.4) is 0 Å². The number of nitrogens with zero attached hydrogens (tertiary/aromatic N) is 8. The third-order valence-electron chi connectivity index (χ3n) is 15.2. The van der Waals surface area contributed by atoms with Crippen molar-refractivity contribution in [3.63, 3.8) is 0 Å². The Morgan fingerprint density at radius 2 is 1.20 bits per heavy atom. The lowest BCUT2D eigenvalue weighted by Gasteiger charge is -2.51. The molecule has 6 heterocycles. The maximum absolute atomic E-state index is 14.1. The number of rotatable bonds is 24. The second kappa shape index (κ2) is 25.4. The highest BCUT2D eigenvalue weighted by Gasteiger charge is 2.62. The maximum atomic E-state index is 14.1. The van der Waals surface area contributed by atoms with Crippen molar-refractivity contribution in [2.24, 2.45) is 11.5 Å². The number of primary amides is 2. The number of aryl methyl sites for hydroxylation is 4. The van der Waals surface area contributed by atoms with Crippen molar-refractivity contribution in [2.45, 2.75) is 162 Å². The van der Waals surface area contributed by atoms with E-state index in [1.807, 2.05) is 26.0 Å². The minimum Gasteiger partial charge on any atom is -0.494 e. The van der Waals surface area contributed by atoms with E-state index in [0.717, 1.165) is 0 Å². The zero-order chi connectivity index (χ0) is 59.5. The van der Waals surface area contributed by atoms with Crippen molar-refractivity contribution < 1.29 is 55.8 Å². The number of aromatic nitrogens is 8. The molecule has 0 spiro atoms. The molecular weight excluding hydrogens is 1090 g/mol. The molecule has 444 valence electrons. The molecule has 2 aromatic carbocycles. The van der Waals surface area contributed by atoms with Crippen LogP contribution in [-0.2, 0) is 53.4 Å². The zero-order valence-corrected chi connectivity index (χ0v) is 51.5. The normalized spacial score (nSPS) is 19.0. The number of nitrogens with one attached hydrogen (secondary N) is 2. The summed E-state index contributed by atoms with van der Waals surface area (Å²) >= 11 is 0. The average Bonchev–Trinajstić information content (AvgIpc) is 2.65. The molecule has 1 unspecified atom stereocenters. The van der Waals surface area contributed by atoms with Crippen LogP contribution in [0.15, 0.2) is 48.6 Å². The second-order valence-corrected chi connectivity index (χ2v) is 30.8. The van der Waals surface area contributed by atoms with Crippen molar-refractivity contribution in [1.82, 2.24) is 38.7 Å². The number of nitrogens with two attached hydrogens (primary N) is 2. The SMILES string of the molecule is CCn1nc(C)cc1C(=O)Nc1nc2cc(C(N)=O)cc(OC)c2n1C/C=C/Cn1c(NC(=O)c2cc(C)nn2CC)nc2cc(C(N)=O)cc(OCCCOC3[C@H](OC)O[C@@H]4CO[Si](C(C)C)(C(C)C)O[Si](C(C)C)(C(C)C)O[C@@H]34)c21. The van der Waals surface area contributed by atoms with E-state index in [1.165, 1.54) is 19.2 Å².